The van der Waals surface area contributed by atoms with Gasteiger partial charge in [-0.3, -0.25) is 9.80 Å². The Bertz CT molecular complexity index is 720. The molecule has 0 heterocycles. The van der Waals surface area contributed by atoms with Crippen LogP contribution >= 0.6 is 0 Å². The highest BCUT2D eigenvalue weighted by atomic mass is 28.4. The smallest absolute Gasteiger partial charge is 0.390 e. The van der Waals surface area contributed by atoms with Gasteiger partial charge in [0.05, 0.1) is 43.7 Å². The van der Waals surface area contributed by atoms with Gasteiger partial charge in [0.15, 0.2) is 0 Å². The minimum Gasteiger partial charge on any atom is -0.390 e. The number of nitrogens with one attached hydrogen (secondary N) is 2. The highest BCUT2D eigenvalue weighted by molar-refractivity contribution is 6.56. The highest BCUT2D eigenvalue weighted by Crippen LogP contribution is 2.09. The van der Waals surface area contributed by atoms with E-state index in [2.05, 4.69) is 10.6 Å². The van der Waals surface area contributed by atoms with Gasteiger partial charge in [0, 0.05) is 97.3 Å². The van der Waals surface area contributed by atoms with Crippen molar-refractivity contribution in [2.24, 2.45) is 5.73 Å². The van der Waals surface area contributed by atoms with Crippen LogP contribution in [0.1, 0.15) is 33.6 Å². The van der Waals surface area contributed by atoms with E-state index in [1.807, 2.05) is 30.6 Å². The molecule has 0 amide bonds. The lowest BCUT2D eigenvalue weighted by Gasteiger charge is -2.32. The summed E-state index contributed by atoms with van der Waals surface area (Å²) in [6, 6.07) is -0.298. The van der Waals surface area contributed by atoms with Crippen molar-refractivity contribution in [3.63, 3.8) is 0 Å². The number of aliphatic hydroxyl groups excluding tert-OH is 3. The van der Waals surface area contributed by atoms with Crippen LogP contribution in [-0.4, -0.2) is 200 Å². The van der Waals surface area contributed by atoms with E-state index in [9.17, 15) is 15.3 Å². The van der Waals surface area contributed by atoms with Crippen molar-refractivity contribution in [3.8, 4) is 0 Å². The maximum Gasteiger partial charge on any atom is 0.492 e. The fraction of sp³-hybridized carbons (Fsp3) is 1.00. The molecule has 278 valence electrons. The first kappa shape index (κ1) is 45.8. The molecule has 0 aromatic heterocycles. The van der Waals surface area contributed by atoms with E-state index in [1.54, 1.807) is 0 Å². The van der Waals surface area contributed by atoms with Gasteiger partial charge in [-0.1, -0.05) is 0 Å². The molecule has 3 atom stereocenters. The first-order chi connectivity index (χ1) is 21.4. The molecular formula is C27H65N5O12Si2. The average molecular weight is 708 g/mol. The van der Waals surface area contributed by atoms with Crippen LogP contribution in [0.25, 0.3) is 0 Å². The van der Waals surface area contributed by atoms with Gasteiger partial charge in [-0.25, -0.2) is 0 Å². The quantitative estimate of drug-likeness (QED) is 0.0238. The fourth-order valence-electron chi connectivity index (χ4n) is 4.26. The molecule has 0 saturated heterocycles. The van der Waals surface area contributed by atoms with Crippen LogP contribution in [0.2, 0.25) is 12.1 Å². The van der Waals surface area contributed by atoms with Gasteiger partial charge in [0.2, 0.25) is 0 Å². The Morgan fingerprint density at radius 1 is 0.630 bits per heavy atom. The average Bonchev–Trinajstić information content (AvgIpc) is 2.92. The number of hydrogen-bond donors (Lipinski definition) is 12. The van der Waals surface area contributed by atoms with Crippen LogP contribution in [0.3, 0.4) is 0 Å². The fourth-order valence-corrected chi connectivity index (χ4v) is 5.50. The van der Waals surface area contributed by atoms with Crippen molar-refractivity contribution < 1.29 is 58.3 Å². The summed E-state index contributed by atoms with van der Waals surface area (Å²) >= 11 is 0. The first-order valence-electron chi connectivity index (χ1n) is 16.1. The Kier molecular flexibility index (Phi) is 25.5. The summed E-state index contributed by atoms with van der Waals surface area (Å²) in [5.74, 6) is 0. The van der Waals surface area contributed by atoms with E-state index >= 15 is 0 Å². The lowest BCUT2D eigenvalue weighted by molar-refractivity contribution is -0.0611. The van der Waals surface area contributed by atoms with Crippen molar-refractivity contribution >= 4 is 17.6 Å². The summed E-state index contributed by atoms with van der Waals surface area (Å²) in [5.41, 5.74) is 5.07. The SMILES string of the molecule is CC(C)(C)OCC(O)CN(CCN(CCNCCNCCN)CC(O)COCCC[Si](O)(O)O)CC(O)COCCC[Si](O)(O)O. The van der Waals surface area contributed by atoms with Gasteiger partial charge in [-0.15, -0.1) is 0 Å². The molecule has 0 bridgehead atoms. The molecule has 0 rings (SSSR count). The second kappa shape index (κ2) is 25.7. The molecule has 17 nitrogen and oxygen atoms in total. The predicted octanol–water partition coefficient (Wildman–Crippen LogP) is -4.73. The van der Waals surface area contributed by atoms with Gasteiger partial charge in [0.25, 0.3) is 0 Å². The van der Waals surface area contributed by atoms with E-state index in [0.717, 1.165) is 19.6 Å². The van der Waals surface area contributed by atoms with Gasteiger partial charge in [0.1, 0.15) is 0 Å². The van der Waals surface area contributed by atoms with Gasteiger partial charge < -0.3 is 74.7 Å². The van der Waals surface area contributed by atoms with Crippen LogP contribution in [0.4, 0.5) is 0 Å². The number of rotatable bonds is 31. The summed E-state index contributed by atoms with van der Waals surface area (Å²) in [7, 11) is -8.25. The maximum absolute atomic E-state index is 10.7. The zero-order valence-electron chi connectivity index (χ0n) is 28.1. The van der Waals surface area contributed by atoms with Crippen LogP contribution < -0.4 is 16.4 Å². The van der Waals surface area contributed by atoms with Crippen molar-refractivity contribution in [1.82, 2.24) is 20.4 Å². The van der Waals surface area contributed by atoms with Crippen molar-refractivity contribution in [3.05, 3.63) is 0 Å². The normalized spacial score (nSPS) is 15.2. The zero-order valence-corrected chi connectivity index (χ0v) is 30.1. The Morgan fingerprint density at radius 2 is 1.07 bits per heavy atom. The Morgan fingerprint density at radius 3 is 1.52 bits per heavy atom. The summed E-state index contributed by atoms with van der Waals surface area (Å²) in [4.78, 5) is 58.7. The standard InChI is InChI=1S/C27H65N5O12Si2/c1-27(2,3)44-23-26(35)20-32(19-25(34)22-43-15-5-17-46(39,40)41)13-12-31(11-10-30-9-8-29-7-6-28)18-24(33)21-42-14-4-16-45(36,37)38/h24-26,29-30,33-41H,4-23,28H2,1-3H3. The van der Waals surface area contributed by atoms with Crippen LogP contribution in [0.5, 0.6) is 0 Å². The Balaban J connectivity index is 5.17. The van der Waals surface area contributed by atoms with Crippen LogP contribution in [0.15, 0.2) is 0 Å². The van der Waals surface area contributed by atoms with E-state index < -0.39 is 41.5 Å². The van der Waals surface area contributed by atoms with Crippen molar-refractivity contribution in [1.29, 1.82) is 0 Å². The molecule has 13 N–H and O–H groups in total. The second-order valence-electron chi connectivity index (χ2n) is 12.6. The molecule has 3 unspecified atom stereocenters. The number of nitrogens with zero attached hydrogens (tertiary/aromatic N) is 2. The number of ether oxygens (including phenoxy) is 3. The molecule has 46 heavy (non-hydrogen) atoms. The highest BCUT2D eigenvalue weighted by Gasteiger charge is 2.26. The summed E-state index contributed by atoms with van der Waals surface area (Å²) in [6.07, 6.45) is -2.06. The summed E-state index contributed by atoms with van der Waals surface area (Å²) in [5, 5.41) is 38.6. The third-order valence-corrected chi connectivity index (χ3v) is 8.52. The third-order valence-electron chi connectivity index (χ3n) is 6.47. The summed E-state index contributed by atoms with van der Waals surface area (Å²) < 4.78 is 16.6. The van der Waals surface area contributed by atoms with Gasteiger partial charge >= 0.3 is 17.6 Å². The Hall–Kier alpha value is -0.246. The van der Waals surface area contributed by atoms with Gasteiger partial charge in [-0.2, -0.15) is 0 Å². The minimum atomic E-state index is -4.13. The third kappa shape index (κ3) is 32.3. The molecule has 0 aliphatic carbocycles. The number of aliphatic hydroxyl groups is 3. The van der Waals surface area contributed by atoms with E-state index in [-0.39, 0.29) is 77.6 Å². The maximum atomic E-state index is 10.7. The number of hydrogen-bond acceptors (Lipinski definition) is 17. The predicted molar refractivity (Wildman–Crippen MR) is 177 cm³/mol. The zero-order chi connectivity index (χ0) is 35.1. The molecule has 0 aromatic rings. The van der Waals surface area contributed by atoms with E-state index in [0.29, 0.717) is 32.7 Å². The molecule has 0 aliphatic heterocycles. The molecule has 0 spiro atoms. The molecule has 19 heteroatoms. The van der Waals surface area contributed by atoms with Crippen LogP contribution in [0, 0.1) is 0 Å². The molecule has 0 radical (unpaired) electrons. The monoisotopic (exact) mass is 707 g/mol. The first-order valence-corrected chi connectivity index (χ1v) is 20.2. The molecule has 0 aromatic carbocycles. The number of nitrogens with two attached hydrogens (primary N) is 1. The minimum absolute atomic E-state index is 0.0176. The van der Waals surface area contributed by atoms with E-state index in [4.69, 9.17) is 48.7 Å². The topological polar surface area (TPSA) is 266 Å². The van der Waals surface area contributed by atoms with Gasteiger partial charge in [-0.05, 0) is 33.6 Å². The lowest BCUT2D eigenvalue weighted by Crippen LogP contribution is -2.47. The molecular weight excluding hydrogens is 642 g/mol. The summed E-state index contributed by atoms with van der Waals surface area (Å²) in [6.45, 7) is 11.8. The Labute approximate surface area is 276 Å². The lowest BCUT2D eigenvalue weighted by atomic mass is 10.2. The second-order valence-corrected chi connectivity index (χ2v) is 16.7. The van der Waals surface area contributed by atoms with Crippen molar-refractivity contribution in [2.75, 3.05) is 105 Å². The molecule has 0 aliphatic rings. The largest absolute Gasteiger partial charge is 0.492 e. The molecule has 0 fully saturated rings. The molecule has 0 saturated carbocycles. The van der Waals surface area contributed by atoms with Crippen LogP contribution in [-0.2, 0) is 14.2 Å². The van der Waals surface area contributed by atoms with Crippen molar-refractivity contribution in [2.45, 2.75) is 69.6 Å². The van der Waals surface area contributed by atoms with E-state index in [1.165, 1.54) is 0 Å².